The molecule has 0 aliphatic heterocycles. The number of alkyl halides is 3. The number of hydrogen-bond donors (Lipinski definition) is 0. The van der Waals surface area contributed by atoms with Crippen LogP contribution in [0.1, 0.15) is 30.4 Å². The molecule has 0 saturated heterocycles. The quantitative estimate of drug-likeness (QED) is 0.327. The smallest absolute Gasteiger partial charge is 0.206 e. The van der Waals surface area contributed by atoms with E-state index in [4.69, 9.17) is 0 Å². The average molecular weight is 322 g/mol. The van der Waals surface area contributed by atoms with Crippen molar-refractivity contribution in [1.82, 2.24) is 0 Å². The third kappa shape index (κ3) is 4.68. The summed E-state index contributed by atoms with van der Waals surface area (Å²) in [4.78, 5) is 0. The molecule has 2 aromatic rings. The summed E-state index contributed by atoms with van der Waals surface area (Å²) in [6.07, 6.45) is 1.29. The predicted molar refractivity (Wildman–Crippen MR) is 84.6 cm³/mol. The summed E-state index contributed by atoms with van der Waals surface area (Å²) in [6.45, 7) is 3.68. The van der Waals surface area contributed by atoms with E-state index in [0.717, 1.165) is 43.4 Å². The molecule has 4 heteroatoms. The highest BCUT2D eigenvalue weighted by molar-refractivity contribution is 5.64. The standard InChI is InChI=1S/C19H18F4/c1-2-3-4-5-6-14-7-9-15(10-8-14)16-11-12-17(18(20)13-16)19(21,22)23/h2,7-13H,1,3-6H2. The van der Waals surface area contributed by atoms with Crippen molar-refractivity contribution in [3.63, 3.8) is 0 Å². The van der Waals surface area contributed by atoms with E-state index < -0.39 is 17.6 Å². The van der Waals surface area contributed by atoms with Gasteiger partial charge in [-0.1, -0.05) is 36.4 Å². The minimum atomic E-state index is -4.67. The average Bonchev–Trinajstić information content (AvgIpc) is 2.51. The van der Waals surface area contributed by atoms with Gasteiger partial charge in [0.05, 0.1) is 5.56 Å². The molecule has 0 fully saturated rings. The van der Waals surface area contributed by atoms with Crippen molar-refractivity contribution in [2.75, 3.05) is 0 Å². The fourth-order valence-electron chi connectivity index (χ4n) is 2.41. The van der Waals surface area contributed by atoms with Crippen LogP contribution in [0, 0.1) is 5.82 Å². The highest BCUT2D eigenvalue weighted by Crippen LogP contribution is 2.33. The lowest BCUT2D eigenvalue weighted by atomic mass is 10.00. The number of unbranched alkanes of at least 4 members (excludes halogenated alkanes) is 2. The van der Waals surface area contributed by atoms with E-state index in [-0.39, 0.29) is 0 Å². The molecule has 2 rings (SSSR count). The van der Waals surface area contributed by atoms with Crippen molar-refractivity contribution in [3.05, 3.63) is 72.1 Å². The summed E-state index contributed by atoms with van der Waals surface area (Å²) in [5.41, 5.74) is 1.06. The molecule has 0 N–H and O–H groups in total. The van der Waals surface area contributed by atoms with Gasteiger partial charge in [0.15, 0.2) is 0 Å². The van der Waals surface area contributed by atoms with Gasteiger partial charge in [0.25, 0.3) is 0 Å². The fraction of sp³-hybridized carbons (Fsp3) is 0.263. The van der Waals surface area contributed by atoms with Gasteiger partial charge in [0.2, 0.25) is 0 Å². The Balaban J connectivity index is 2.10. The number of benzene rings is 2. The summed E-state index contributed by atoms with van der Waals surface area (Å²) in [7, 11) is 0. The molecule has 0 nitrogen and oxygen atoms in total. The van der Waals surface area contributed by atoms with Crippen molar-refractivity contribution >= 4 is 0 Å². The zero-order valence-electron chi connectivity index (χ0n) is 12.7. The maximum atomic E-state index is 13.6. The summed E-state index contributed by atoms with van der Waals surface area (Å²) < 4.78 is 51.3. The molecule has 2 aromatic carbocycles. The van der Waals surface area contributed by atoms with Crippen LogP contribution in [-0.2, 0) is 12.6 Å². The van der Waals surface area contributed by atoms with Gasteiger partial charge >= 0.3 is 6.18 Å². The Morgan fingerprint density at radius 1 is 0.913 bits per heavy atom. The van der Waals surface area contributed by atoms with E-state index in [1.165, 1.54) is 6.07 Å². The summed E-state index contributed by atoms with van der Waals surface area (Å²) in [5, 5.41) is 0. The second-order valence-electron chi connectivity index (χ2n) is 5.42. The molecule has 0 aromatic heterocycles. The zero-order chi connectivity index (χ0) is 16.9. The number of allylic oxidation sites excluding steroid dienone is 1. The third-order valence-electron chi connectivity index (χ3n) is 3.69. The molecule has 0 radical (unpaired) electrons. The first-order valence-corrected chi connectivity index (χ1v) is 7.49. The Kier molecular flexibility index (Phi) is 5.59. The first-order chi connectivity index (χ1) is 10.9. The van der Waals surface area contributed by atoms with Gasteiger partial charge in [-0.15, -0.1) is 6.58 Å². The highest BCUT2D eigenvalue weighted by Gasteiger charge is 2.33. The van der Waals surface area contributed by atoms with Crippen molar-refractivity contribution in [2.24, 2.45) is 0 Å². The van der Waals surface area contributed by atoms with Crippen LogP contribution in [-0.4, -0.2) is 0 Å². The Labute approximate surface area is 133 Å². The van der Waals surface area contributed by atoms with Gasteiger partial charge in [-0.05, 0) is 54.5 Å². The van der Waals surface area contributed by atoms with E-state index in [1.54, 1.807) is 0 Å². The zero-order valence-corrected chi connectivity index (χ0v) is 12.7. The maximum Gasteiger partial charge on any atom is 0.419 e. The molecule has 0 saturated carbocycles. The SMILES string of the molecule is C=CCCCCc1ccc(-c2ccc(C(F)(F)F)c(F)c2)cc1. The van der Waals surface area contributed by atoms with E-state index in [9.17, 15) is 17.6 Å². The van der Waals surface area contributed by atoms with Crippen LogP contribution >= 0.6 is 0 Å². The van der Waals surface area contributed by atoms with E-state index in [0.29, 0.717) is 11.1 Å². The van der Waals surface area contributed by atoms with Crippen LogP contribution in [0.2, 0.25) is 0 Å². The molecule has 0 heterocycles. The van der Waals surface area contributed by atoms with Gasteiger partial charge < -0.3 is 0 Å². The number of aryl methyl sites for hydroxylation is 1. The maximum absolute atomic E-state index is 13.6. The molecule has 0 spiro atoms. The van der Waals surface area contributed by atoms with Gasteiger partial charge in [0.1, 0.15) is 5.82 Å². The van der Waals surface area contributed by atoms with Crippen LogP contribution in [0.3, 0.4) is 0 Å². The summed E-state index contributed by atoms with van der Waals surface area (Å²) in [6, 6.07) is 10.5. The number of halogens is 4. The first kappa shape index (κ1) is 17.3. The monoisotopic (exact) mass is 322 g/mol. The Morgan fingerprint density at radius 3 is 2.13 bits per heavy atom. The van der Waals surface area contributed by atoms with Crippen LogP contribution in [0.15, 0.2) is 55.1 Å². The molecule has 23 heavy (non-hydrogen) atoms. The van der Waals surface area contributed by atoms with Crippen molar-refractivity contribution in [1.29, 1.82) is 0 Å². The minimum absolute atomic E-state index is 0.439. The van der Waals surface area contributed by atoms with E-state index in [2.05, 4.69) is 6.58 Å². The molecule has 0 amide bonds. The highest BCUT2D eigenvalue weighted by atomic mass is 19.4. The van der Waals surface area contributed by atoms with Gasteiger partial charge in [-0.2, -0.15) is 13.2 Å². The second kappa shape index (κ2) is 7.44. The van der Waals surface area contributed by atoms with Crippen molar-refractivity contribution in [3.8, 4) is 11.1 Å². The first-order valence-electron chi connectivity index (χ1n) is 7.49. The molecule has 0 unspecified atom stereocenters. The molecule has 0 aliphatic rings. The second-order valence-corrected chi connectivity index (χ2v) is 5.42. The van der Waals surface area contributed by atoms with Crippen LogP contribution in [0.25, 0.3) is 11.1 Å². The Hall–Kier alpha value is -2.10. The van der Waals surface area contributed by atoms with Crippen molar-refractivity contribution < 1.29 is 17.6 Å². The molecule has 122 valence electrons. The van der Waals surface area contributed by atoms with Crippen LogP contribution in [0.5, 0.6) is 0 Å². The fourth-order valence-corrected chi connectivity index (χ4v) is 2.41. The minimum Gasteiger partial charge on any atom is -0.206 e. The topological polar surface area (TPSA) is 0 Å². The van der Waals surface area contributed by atoms with Gasteiger partial charge in [-0.25, -0.2) is 4.39 Å². The summed E-state index contributed by atoms with van der Waals surface area (Å²) >= 11 is 0. The largest absolute Gasteiger partial charge is 0.419 e. The predicted octanol–water partition coefficient (Wildman–Crippen LogP) is 6.41. The van der Waals surface area contributed by atoms with Crippen LogP contribution < -0.4 is 0 Å². The third-order valence-corrected chi connectivity index (χ3v) is 3.69. The molecular weight excluding hydrogens is 304 g/mol. The molecular formula is C19H18F4. The van der Waals surface area contributed by atoms with Gasteiger partial charge in [-0.3, -0.25) is 0 Å². The molecule has 0 aliphatic carbocycles. The molecule has 0 bridgehead atoms. The normalized spacial score (nSPS) is 11.5. The lowest BCUT2D eigenvalue weighted by Crippen LogP contribution is -2.07. The number of hydrogen-bond acceptors (Lipinski definition) is 0. The number of rotatable bonds is 6. The Morgan fingerprint density at radius 2 is 1.57 bits per heavy atom. The van der Waals surface area contributed by atoms with E-state index >= 15 is 0 Å². The Bertz CT molecular complexity index is 654. The lowest BCUT2D eigenvalue weighted by molar-refractivity contribution is -0.139. The van der Waals surface area contributed by atoms with Gasteiger partial charge in [0, 0.05) is 0 Å². The van der Waals surface area contributed by atoms with E-state index in [1.807, 2.05) is 30.3 Å². The summed E-state index contributed by atoms with van der Waals surface area (Å²) in [5.74, 6) is -1.25. The van der Waals surface area contributed by atoms with Crippen LogP contribution in [0.4, 0.5) is 17.6 Å². The lowest BCUT2D eigenvalue weighted by Gasteiger charge is -2.10. The van der Waals surface area contributed by atoms with Crippen molar-refractivity contribution in [2.45, 2.75) is 31.9 Å². The molecule has 0 atom stereocenters.